The van der Waals surface area contributed by atoms with Crippen LogP contribution in [0.3, 0.4) is 0 Å². The van der Waals surface area contributed by atoms with E-state index in [4.69, 9.17) is 0 Å². The third kappa shape index (κ3) is 3.12. The van der Waals surface area contributed by atoms with Crippen LogP contribution in [0.15, 0.2) is 47.4 Å². The lowest BCUT2D eigenvalue weighted by Gasteiger charge is -2.18. The zero-order valence-electron chi connectivity index (χ0n) is 13.7. The molecule has 0 fully saturated rings. The monoisotopic (exact) mass is 362 g/mol. The summed E-state index contributed by atoms with van der Waals surface area (Å²) in [5.74, 6) is 0. The smallest absolute Gasteiger partial charge is 0.245 e. The van der Waals surface area contributed by atoms with Crippen molar-refractivity contribution in [1.29, 1.82) is 0 Å². The number of hydrogen-bond acceptors (Lipinski definition) is 6. The quantitative estimate of drug-likeness (QED) is 0.698. The summed E-state index contributed by atoms with van der Waals surface area (Å²) in [6.07, 6.45) is 0. The Morgan fingerprint density at radius 3 is 2.38 bits per heavy atom. The Bertz CT molecular complexity index is 950. The fourth-order valence-electron chi connectivity index (χ4n) is 2.40. The Balaban J connectivity index is 1.88. The maximum Gasteiger partial charge on any atom is 0.245 e. The van der Waals surface area contributed by atoms with Gasteiger partial charge in [0, 0.05) is 33.4 Å². The van der Waals surface area contributed by atoms with E-state index in [2.05, 4.69) is 8.75 Å². The van der Waals surface area contributed by atoms with E-state index >= 15 is 0 Å². The number of aromatic nitrogens is 2. The second-order valence-electron chi connectivity index (χ2n) is 5.71. The average Bonchev–Trinajstić information content (AvgIpc) is 3.03. The van der Waals surface area contributed by atoms with Gasteiger partial charge in [0.2, 0.25) is 10.0 Å². The molecule has 1 heterocycles. The lowest BCUT2D eigenvalue weighted by Crippen LogP contribution is -2.26. The molecule has 6 nitrogen and oxygen atoms in total. The van der Waals surface area contributed by atoms with Gasteiger partial charge in [0.25, 0.3) is 0 Å². The van der Waals surface area contributed by atoms with Crippen molar-refractivity contribution in [3.8, 4) is 0 Å². The van der Waals surface area contributed by atoms with Crippen LogP contribution in [0.25, 0.3) is 11.0 Å². The number of sulfonamides is 1. The fraction of sp³-hybridized carbons (Fsp3) is 0.250. The van der Waals surface area contributed by atoms with E-state index in [0.29, 0.717) is 17.6 Å². The van der Waals surface area contributed by atoms with Crippen LogP contribution in [0.5, 0.6) is 0 Å². The van der Waals surface area contributed by atoms with E-state index in [-0.39, 0.29) is 4.90 Å². The van der Waals surface area contributed by atoms with Gasteiger partial charge < -0.3 is 4.90 Å². The van der Waals surface area contributed by atoms with Gasteiger partial charge in [-0.15, -0.1) is 0 Å². The van der Waals surface area contributed by atoms with Crippen LogP contribution >= 0.6 is 11.7 Å². The molecule has 8 heteroatoms. The van der Waals surface area contributed by atoms with Crippen molar-refractivity contribution in [2.75, 3.05) is 26.0 Å². The molecule has 0 unspecified atom stereocenters. The van der Waals surface area contributed by atoms with Gasteiger partial charge in [0.15, 0.2) is 0 Å². The van der Waals surface area contributed by atoms with E-state index in [1.807, 2.05) is 43.3 Å². The van der Waals surface area contributed by atoms with Crippen molar-refractivity contribution in [1.82, 2.24) is 13.1 Å². The number of nitrogens with zero attached hydrogens (tertiary/aromatic N) is 4. The van der Waals surface area contributed by atoms with E-state index in [9.17, 15) is 8.42 Å². The standard InChI is InChI=1S/C16H18N4O2S2/c1-19(2)13-9-7-12(8-10-13)11-20(3)24(21,22)15-6-4-5-14-16(15)18-23-17-14/h4-10H,11H2,1-3H3. The first-order chi connectivity index (χ1) is 11.4. The molecule has 0 N–H and O–H groups in total. The highest BCUT2D eigenvalue weighted by Gasteiger charge is 2.24. The topological polar surface area (TPSA) is 66.4 Å². The molecule has 0 spiro atoms. The van der Waals surface area contributed by atoms with Crippen LogP contribution in [0, 0.1) is 0 Å². The van der Waals surface area contributed by atoms with Crippen LogP contribution < -0.4 is 4.90 Å². The predicted molar refractivity (Wildman–Crippen MR) is 96.8 cm³/mol. The number of rotatable bonds is 5. The summed E-state index contributed by atoms with van der Waals surface area (Å²) in [6.45, 7) is 0.296. The molecule has 1 aromatic heterocycles. The lowest BCUT2D eigenvalue weighted by atomic mass is 10.2. The third-order valence-electron chi connectivity index (χ3n) is 3.80. The van der Waals surface area contributed by atoms with Crippen molar-refractivity contribution in [2.45, 2.75) is 11.4 Å². The van der Waals surface area contributed by atoms with Gasteiger partial charge in [0.05, 0.1) is 11.7 Å². The molecule has 0 saturated carbocycles. The Labute approximate surface area is 145 Å². The van der Waals surface area contributed by atoms with Gasteiger partial charge in [-0.3, -0.25) is 0 Å². The largest absolute Gasteiger partial charge is 0.378 e. The maximum atomic E-state index is 12.9. The highest BCUT2D eigenvalue weighted by molar-refractivity contribution is 7.89. The first kappa shape index (κ1) is 16.8. The second-order valence-corrected chi connectivity index (χ2v) is 8.25. The predicted octanol–water partition coefficient (Wildman–Crippen LogP) is 2.58. The maximum absolute atomic E-state index is 12.9. The minimum Gasteiger partial charge on any atom is -0.378 e. The van der Waals surface area contributed by atoms with E-state index in [1.54, 1.807) is 25.2 Å². The highest BCUT2D eigenvalue weighted by Crippen LogP contribution is 2.25. The number of fused-ring (bicyclic) bond motifs is 1. The summed E-state index contributed by atoms with van der Waals surface area (Å²) >= 11 is 1.02. The van der Waals surface area contributed by atoms with Gasteiger partial charge in [-0.05, 0) is 29.8 Å². The van der Waals surface area contributed by atoms with Crippen molar-refractivity contribution < 1.29 is 8.42 Å². The van der Waals surface area contributed by atoms with Gasteiger partial charge in [-0.25, -0.2) is 8.42 Å². The Morgan fingerprint density at radius 2 is 1.71 bits per heavy atom. The number of hydrogen-bond donors (Lipinski definition) is 0. The molecule has 3 aromatic rings. The Hall–Kier alpha value is -2.03. The molecular weight excluding hydrogens is 344 g/mol. The van der Waals surface area contributed by atoms with Gasteiger partial charge >= 0.3 is 0 Å². The number of benzene rings is 2. The lowest BCUT2D eigenvalue weighted by molar-refractivity contribution is 0.467. The van der Waals surface area contributed by atoms with Crippen molar-refractivity contribution in [2.24, 2.45) is 0 Å². The average molecular weight is 362 g/mol. The van der Waals surface area contributed by atoms with Crippen molar-refractivity contribution in [3.63, 3.8) is 0 Å². The van der Waals surface area contributed by atoms with E-state index < -0.39 is 10.0 Å². The third-order valence-corrected chi connectivity index (χ3v) is 6.17. The van der Waals surface area contributed by atoms with Gasteiger partial charge in [0.1, 0.15) is 15.9 Å². The molecule has 126 valence electrons. The van der Waals surface area contributed by atoms with E-state index in [1.165, 1.54) is 4.31 Å². The highest BCUT2D eigenvalue weighted by atomic mass is 32.2. The first-order valence-corrected chi connectivity index (χ1v) is 9.50. The molecule has 24 heavy (non-hydrogen) atoms. The molecule has 0 amide bonds. The van der Waals surface area contributed by atoms with Crippen LogP contribution in [-0.2, 0) is 16.6 Å². The summed E-state index contributed by atoms with van der Waals surface area (Å²) in [6, 6.07) is 12.8. The first-order valence-electron chi connectivity index (χ1n) is 7.33. The van der Waals surface area contributed by atoms with Crippen molar-refractivity contribution in [3.05, 3.63) is 48.0 Å². The molecule has 0 aliphatic rings. The number of anilines is 1. The summed E-state index contributed by atoms with van der Waals surface area (Å²) in [7, 11) is 1.88. The molecule has 0 aliphatic heterocycles. The molecule has 0 aliphatic carbocycles. The fourth-order valence-corrected chi connectivity index (χ4v) is 4.31. The van der Waals surface area contributed by atoms with Crippen molar-refractivity contribution >= 4 is 38.5 Å². The molecule has 3 rings (SSSR count). The Morgan fingerprint density at radius 1 is 1.00 bits per heavy atom. The summed E-state index contributed by atoms with van der Waals surface area (Å²) in [5, 5.41) is 0. The molecule has 0 radical (unpaired) electrons. The molecule has 0 saturated heterocycles. The van der Waals surface area contributed by atoms with Crippen LogP contribution in [0.4, 0.5) is 5.69 Å². The molecule has 0 atom stereocenters. The minimum absolute atomic E-state index is 0.196. The summed E-state index contributed by atoms with van der Waals surface area (Å²) in [4.78, 5) is 2.20. The molecule has 0 bridgehead atoms. The van der Waals surface area contributed by atoms with Gasteiger partial charge in [-0.1, -0.05) is 18.2 Å². The summed E-state index contributed by atoms with van der Waals surface area (Å²) in [5.41, 5.74) is 3.03. The Kier molecular flexibility index (Phi) is 4.53. The normalized spacial score (nSPS) is 12.0. The van der Waals surface area contributed by atoms with Crippen LogP contribution in [-0.4, -0.2) is 42.6 Å². The van der Waals surface area contributed by atoms with Gasteiger partial charge in [-0.2, -0.15) is 13.1 Å². The minimum atomic E-state index is -3.63. The summed E-state index contributed by atoms with van der Waals surface area (Å²) < 4.78 is 35.3. The molecule has 2 aromatic carbocycles. The zero-order valence-corrected chi connectivity index (χ0v) is 15.3. The zero-order chi connectivity index (χ0) is 17.3. The van der Waals surface area contributed by atoms with E-state index in [0.717, 1.165) is 23.0 Å². The van der Waals surface area contributed by atoms with Crippen LogP contribution in [0.2, 0.25) is 0 Å². The van der Waals surface area contributed by atoms with Crippen LogP contribution in [0.1, 0.15) is 5.56 Å². The molecular formula is C16H18N4O2S2. The SMILES string of the molecule is CN(C)c1ccc(CN(C)S(=O)(=O)c2cccc3nsnc23)cc1. The second kappa shape index (κ2) is 6.46.